The number of halogens is 2. The average Bonchev–Trinajstić information content (AvgIpc) is 2.74. The molecular weight excluding hydrogens is 236 g/mol. The van der Waals surface area contributed by atoms with Gasteiger partial charge in [0.15, 0.2) is 11.5 Å². The molecule has 90 valence electrons. The number of pyridine rings is 1. The van der Waals surface area contributed by atoms with E-state index < -0.39 is 11.6 Å². The molecule has 0 atom stereocenters. The van der Waals surface area contributed by atoms with E-state index in [9.17, 15) is 8.78 Å². The van der Waals surface area contributed by atoms with Crippen LogP contribution in [0.2, 0.25) is 0 Å². The zero-order valence-electron chi connectivity index (χ0n) is 9.56. The topological polar surface area (TPSA) is 30.7 Å². The highest BCUT2D eigenvalue weighted by molar-refractivity contribution is 5.79. The van der Waals surface area contributed by atoms with Crippen LogP contribution >= 0.6 is 0 Å². The summed E-state index contributed by atoms with van der Waals surface area (Å²) >= 11 is 0. The minimum Gasteiger partial charge on any atom is -0.237 e. The second kappa shape index (κ2) is 3.87. The number of aromatic nitrogens is 3. The molecule has 3 rings (SSSR count). The van der Waals surface area contributed by atoms with E-state index in [1.165, 1.54) is 16.8 Å². The monoisotopic (exact) mass is 245 g/mol. The lowest BCUT2D eigenvalue weighted by Crippen LogP contribution is -2.01. The van der Waals surface area contributed by atoms with Crippen LogP contribution < -0.4 is 0 Å². The van der Waals surface area contributed by atoms with Gasteiger partial charge >= 0.3 is 0 Å². The third kappa shape index (κ3) is 1.55. The summed E-state index contributed by atoms with van der Waals surface area (Å²) in [6.07, 6.45) is 3.26. The highest BCUT2D eigenvalue weighted by atomic mass is 19.1. The van der Waals surface area contributed by atoms with Gasteiger partial charge in [0.2, 0.25) is 0 Å². The summed E-state index contributed by atoms with van der Waals surface area (Å²) in [5.74, 6) is -1.28. The van der Waals surface area contributed by atoms with Crippen LogP contribution in [0, 0.1) is 18.6 Å². The van der Waals surface area contributed by atoms with Gasteiger partial charge < -0.3 is 0 Å². The molecule has 0 spiro atoms. The molecule has 0 unspecified atom stereocenters. The summed E-state index contributed by atoms with van der Waals surface area (Å²) in [6.45, 7) is 1.93. The van der Waals surface area contributed by atoms with Crippen molar-refractivity contribution in [1.29, 1.82) is 0 Å². The van der Waals surface area contributed by atoms with Gasteiger partial charge in [0.1, 0.15) is 11.5 Å². The summed E-state index contributed by atoms with van der Waals surface area (Å²) in [4.78, 5) is 4.18. The predicted molar refractivity (Wildman–Crippen MR) is 63.5 cm³/mol. The van der Waals surface area contributed by atoms with Gasteiger partial charge in [-0.1, -0.05) is 0 Å². The number of nitrogens with zero attached hydrogens (tertiary/aromatic N) is 3. The molecule has 18 heavy (non-hydrogen) atoms. The largest absolute Gasteiger partial charge is 0.237 e. The maximum atomic E-state index is 13.7. The summed E-state index contributed by atoms with van der Waals surface area (Å²) in [7, 11) is 0. The lowest BCUT2D eigenvalue weighted by Gasteiger charge is -2.04. The Morgan fingerprint density at radius 3 is 2.78 bits per heavy atom. The van der Waals surface area contributed by atoms with Crippen molar-refractivity contribution in [3.63, 3.8) is 0 Å². The van der Waals surface area contributed by atoms with E-state index in [0.717, 1.165) is 17.0 Å². The quantitative estimate of drug-likeness (QED) is 0.659. The van der Waals surface area contributed by atoms with E-state index >= 15 is 0 Å². The summed E-state index contributed by atoms with van der Waals surface area (Å²) < 4.78 is 28.0. The second-order valence-electron chi connectivity index (χ2n) is 4.02. The standard InChI is InChI=1S/C13H9F2N3/c1-8-4-5-16-13-10(8)7-17-18(13)12-3-2-9(14)6-11(12)15/h2-7H,1H3. The molecule has 0 bridgehead atoms. The van der Waals surface area contributed by atoms with Crippen LogP contribution in [0.1, 0.15) is 5.56 Å². The molecule has 1 aromatic carbocycles. The fourth-order valence-corrected chi connectivity index (χ4v) is 1.88. The van der Waals surface area contributed by atoms with Gasteiger partial charge in [-0.25, -0.2) is 18.4 Å². The van der Waals surface area contributed by atoms with Crippen LogP contribution in [0.25, 0.3) is 16.7 Å². The van der Waals surface area contributed by atoms with Crippen molar-refractivity contribution in [3.05, 3.63) is 53.9 Å². The highest BCUT2D eigenvalue weighted by Crippen LogP contribution is 2.21. The summed E-state index contributed by atoms with van der Waals surface area (Å²) in [6, 6.07) is 5.23. The summed E-state index contributed by atoms with van der Waals surface area (Å²) in [5, 5.41) is 4.96. The molecule has 2 heterocycles. The van der Waals surface area contributed by atoms with Crippen molar-refractivity contribution in [1.82, 2.24) is 14.8 Å². The molecule has 0 aliphatic carbocycles. The molecule has 0 amide bonds. The van der Waals surface area contributed by atoms with Gasteiger partial charge in [0.25, 0.3) is 0 Å². The van der Waals surface area contributed by atoms with E-state index in [0.29, 0.717) is 5.65 Å². The second-order valence-corrected chi connectivity index (χ2v) is 4.02. The first-order chi connectivity index (χ1) is 8.66. The van der Waals surface area contributed by atoms with Crippen LogP contribution in [0.3, 0.4) is 0 Å². The van der Waals surface area contributed by atoms with Crippen molar-refractivity contribution in [2.24, 2.45) is 0 Å². The molecule has 0 aliphatic heterocycles. The molecule has 0 radical (unpaired) electrons. The first-order valence-corrected chi connectivity index (χ1v) is 5.41. The molecule has 3 nitrogen and oxygen atoms in total. The maximum absolute atomic E-state index is 13.7. The van der Waals surface area contributed by atoms with Gasteiger partial charge in [-0.2, -0.15) is 5.10 Å². The molecular formula is C13H9F2N3. The third-order valence-electron chi connectivity index (χ3n) is 2.83. The van der Waals surface area contributed by atoms with Crippen LogP contribution in [0.4, 0.5) is 8.78 Å². The molecule has 0 aliphatic rings. The fraction of sp³-hybridized carbons (Fsp3) is 0.0769. The molecule has 0 N–H and O–H groups in total. The normalized spacial score (nSPS) is 11.1. The van der Waals surface area contributed by atoms with Gasteiger partial charge in [-0.15, -0.1) is 0 Å². The number of benzene rings is 1. The van der Waals surface area contributed by atoms with Gasteiger partial charge in [-0.05, 0) is 30.7 Å². The molecule has 0 fully saturated rings. The first-order valence-electron chi connectivity index (χ1n) is 5.41. The Bertz CT molecular complexity index is 734. The number of fused-ring (bicyclic) bond motifs is 1. The lowest BCUT2D eigenvalue weighted by molar-refractivity contribution is 0.574. The van der Waals surface area contributed by atoms with E-state index in [1.54, 1.807) is 12.4 Å². The van der Waals surface area contributed by atoms with Crippen LogP contribution in [-0.4, -0.2) is 14.8 Å². The first kappa shape index (κ1) is 10.8. The minimum absolute atomic E-state index is 0.185. The number of rotatable bonds is 1. The smallest absolute Gasteiger partial charge is 0.163 e. The zero-order valence-corrected chi connectivity index (χ0v) is 9.56. The molecule has 3 aromatic rings. The van der Waals surface area contributed by atoms with Crippen molar-refractivity contribution in [3.8, 4) is 5.69 Å². The lowest BCUT2D eigenvalue weighted by atomic mass is 10.2. The summed E-state index contributed by atoms with van der Waals surface area (Å²) in [5.41, 5.74) is 1.75. The fourth-order valence-electron chi connectivity index (χ4n) is 1.88. The van der Waals surface area contributed by atoms with Crippen molar-refractivity contribution >= 4 is 11.0 Å². The Morgan fingerprint density at radius 1 is 1.17 bits per heavy atom. The van der Waals surface area contributed by atoms with Gasteiger partial charge in [-0.3, -0.25) is 0 Å². The van der Waals surface area contributed by atoms with E-state index in [1.807, 2.05) is 13.0 Å². The maximum Gasteiger partial charge on any atom is 0.163 e. The Hall–Kier alpha value is -2.30. The van der Waals surface area contributed by atoms with Gasteiger partial charge in [0, 0.05) is 17.6 Å². The Balaban J connectivity index is 2.29. The number of hydrogen-bond donors (Lipinski definition) is 0. The molecule has 2 aromatic heterocycles. The Kier molecular flexibility index (Phi) is 2.33. The highest BCUT2D eigenvalue weighted by Gasteiger charge is 2.12. The van der Waals surface area contributed by atoms with Crippen molar-refractivity contribution in [2.75, 3.05) is 0 Å². The molecule has 5 heteroatoms. The van der Waals surface area contributed by atoms with Crippen molar-refractivity contribution in [2.45, 2.75) is 6.92 Å². The minimum atomic E-state index is -0.664. The number of hydrogen-bond acceptors (Lipinski definition) is 2. The number of aryl methyl sites for hydroxylation is 1. The average molecular weight is 245 g/mol. The SMILES string of the molecule is Cc1ccnc2c1cnn2-c1ccc(F)cc1F. The Morgan fingerprint density at radius 2 is 2.00 bits per heavy atom. The van der Waals surface area contributed by atoms with Crippen LogP contribution in [-0.2, 0) is 0 Å². The Labute approximate surface area is 102 Å². The van der Waals surface area contributed by atoms with E-state index in [4.69, 9.17) is 0 Å². The van der Waals surface area contributed by atoms with Crippen LogP contribution in [0.5, 0.6) is 0 Å². The molecule has 0 saturated heterocycles. The van der Waals surface area contributed by atoms with E-state index in [2.05, 4.69) is 10.1 Å². The predicted octanol–water partition coefficient (Wildman–Crippen LogP) is 3.01. The van der Waals surface area contributed by atoms with Crippen molar-refractivity contribution < 1.29 is 8.78 Å². The van der Waals surface area contributed by atoms with Gasteiger partial charge in [0.05, 0.1) is 6.20 Å². The van der Waals surface area contributed by atoms with E-state index in [-0.39, 0.29) is 5.69 Å². The third-order valence-corrected chi connectivity index (χ3v) is 2.83. The zero-order chi connectivity index (χ0) is 12.7. The van der Waals surface area contributed by atoms with Crippen LogP contribution in [0.15, 0.2) is 36.7 Å². The molecule has 0 saturated carbocycles.